The molecule has 1 rings (SSSR count). The summed E-state index contributed by atoms with van der Waals surface area (Å²) in [4.78, 5) is 0. The van der Waals surface area contributed by atoms with Crippen LogP contribution in [-0.4, -0.2) is 36.9 Å². The van der Waals surface area contributed by atoms with Crippen LogP contribution in [0.25, 0.3) is 0 Å². The SMILES string of the molecule is CC(C)[C@H]1CN[C@H](CO)CN1. The number of hydrogen-bond donors (Lipinski definition) is 3. The van der Waals surface area contributed by atoms with E-state index in [1.54, 1.807) is 0 Å². The Hall–Kier alpha value is -0.120. The third-order valence-electron chi connectivity index (χ3n) is 2.28. The molecule has 0 saturated carbocycles. The van der Waals surface area contributed by atoms with Crippen LogP contribution in [0.15, 0.2) is 0 Å². The van der Waals surface area contributed by atoms with Crippen molar-refractivity contribution in [3.8, 4) is 0 Å². The summed E-state index contributed by atoms with van der Waals surface area (Å²) < 4.78 is 0. The predicted octanol–water partition coefficient (Wildman–Crippen LogP) is -0.435. The lowest BCUT2D eigenvalue weighted by molar-refractivity contribution is 0.200. The zero-order valence-electron chi connectivity index (χ0n) is 7.30. The van der Waals surface area contributed by atoms with Crippen molar-refractivity contribution in [2.24, 2.45) is 5.92 Å². The highest BCUT2D eigenvalue weighted by Crippen LogP contribution is 2.03. The van der Waals surface area contributed by atoms with Gasteiger partial charge in [-0.1, -0.05) is 13.8 Å². The van der Waals surface area contributed by atoms with Crippen LogP contribution in [0, 0.1) is 5.92 Å². The summed E-state index contributed by atoms with van der Waals surface area (Å²) in [6.45, 7) is 6.51. The molecular weight excluding hydrogens is 140 g/mol. The molecule has 66 valence electrons. The molecule has 1 aliphatic rings. The van der Waals surface area contributed by atoms with E-state index in [-0.39, 0.29) is 12.6 Å². The molecule has 11 heavy (non-hydrogen) atoms. The molecule has 1 saturated heterocycles. The van der Waals surface area contributed by atoms with Crippen molar-refractivity contribution in [1.29, 1.82) is 0 Å². The van der Waals surface area contributed by atoms with Gasteiger partial charge in [-0.25, -0.2) is 0 Å². The molecule has 0 unspecified atom stereocenters. The molecule has 0 aliphatic carbocycles. The highest BCUT2D eigenvalue weighted by atomic mass is 16.3. The van der Waals surface area contributed by atoms with Gasteiger partial charge in [0.15, 0.2) is 0 Å². The first kappa shape index (κ1) is 8.97. The van der Waals surface area contributed by atoms with Crippen LogP contribution in [0.2, 0.25) is 0 Å². The van der Waals surface area contributed by atoms with Gasteiger partial charge in [-0.15, -0.1) is 0 Å². The molecule has 1 aliphatic heterocycles. The molecule has 0 spiro atoms. The average molecular weight is 158 g/mol. The molecule has 0 radical (unpaired) electrons. The number of piperazine rings is 1. The summed E-state index contributed by atoms with van der Waals surface area (Å²) in [6, 6.07) is 0.822. The third kappa shape index (κ3) is 2.43. The maximum atomic E-state index is 8.81. The van der Waals surface area contributed by atoms with E-state index in [0.717, 1.165) is 13.1 Å². The third-order valence-corrected chi connectivity index (χ3v) is 2.28. The lowest BCUT2D eigenvalue weighted by atomic mass is 10.0. The Balaban J connectivity index is 2.24. The molecule has 0 aromatic carbocycles. The van der Waals surface area contributed by atoms with Gasteiger partial charge < -0.3 is 15.7 Å². The molecular formula is C8H18N2O. The van der Waals surface area contributed by atoms with Crippen LogP contribution in [0.1, 0.15) is 13.8 Å². The standard InChI is InChI=1S/C8H18N2O/c1-6(2)8-4-9-7(5-11)3-10-8/h6-11H,3-5H2,1-2H3/t7-,8+/m0/s1. The highest BCUT2D eigenvalue weighted by Gasteiger charge is 2.20. The molecule has 0 bridgehead atoms. The van der Waals surface area contributed by atoms with E-state index < -0.39 is 0 Å². The predicted molar refractivity (Wildman–Crippen MR) is 45.5 cm³/mol. The van der Waals surface area contributed by atoms with Crippen LogP contribution in [0.3, 0.4) is 0 Å². The van der Waals surface area contributed by atoms with E-state index in [9.17, 15) is 0 Å². The number of aliphatic hydroxyl groups excluding tert-OH is 1. The first-order chi connectivity index (χ1) is 5.24. The number of hydrogen-bond acceptors (Lipinski definition) is 3. The smallest absolute Gasteiger partial charge is 0.0597 e. The van der Waals surface area contributed by atoms with Gasteiger partial charge in [0.25, 0.3) is 0 Å². The Morgan fingerprint density at radius 2 is 2.09 bits per heavy atom. The van der Waals surface area contributed by atoms with E-state index in [4.69, 9.17) is 5.11 Å². The minimum Gasteiger partial charge on any atom is -0.395 e. The molecule has 3 heteroatoms. The Morgan fingerprint density at radius 3 is 2.45 bits per heavy atom. The summed E-state index contributed by atoms with van der Waals surface area (Å²) in [5.74, 6) is 0.669. The minimum absolute atomic E-state index is 0.234. The van der Waals surface area contributed by atoms with Crippen molar-refractivity contribution in [2.45, 2.75) is 25.9 Å². The second-order valence-corrected chi connectivity index (χ2v) is 3.55. The number of rotatable bonds is 2. The van der Waals surface area contributed by atoms with E-state index in [1.807, 2.05) is 0 Å². The summed E-state index contributed by atoms with van der Waals surface area (Å²) in [6.07, 6.45) is 0. The molecule has 3 N–H and O–H groups in total. The van der Waals surface area contributed by atoms with Gasteiger partial charge in [0.2, 0.25) is 0 Å². The summed E-state index contributed by atoms with van der Waals surface area (Å²) in [5.41, 5.74) is 0. The average Bonchev–Trinajstić information content (AvgIpc) is 2.05. The van der Waals surface area contributed by atoms with Gasteiger partial charge in [0.1, 0.15) is 0 Å². The van der Waals surface area contributed by atoms with Crippen molar-refractivity contribution in [3.63, 3.8) is 0 Å². The monoisotopic (exact) mass is 158 g/mol. The van der Waals surface area contributed by atoms with Gasteiger partial charge in [-0.05, 0) is 5.92 Å². The van der Waals surface area contributed by atoms with Gasteiger partial charge in [-0.3, -0.25) is 0 Å². The Labute approximate surface area is 68.2 Å². The quantitative estimate of drug-likeness (QED) is 0.511. The lowest BCUT2D eigenvalue weighted by Gasteiger charge is -2.32. The molecule has 3 nitrogen and oxygen atoms in total. The van der Waals surface area contributed by atoms with E-state index in [1.165, 1.54) is 0 Å². The fourth-order valence-corrected chi connectivity index (χ4v) is 1.33. The van der Waals surface area contributed by atoms with Crippen LogP contribution < -0.4 is 10.6 Å². The highest BCUT2D eigenvalue weighted by molar-refractivity contribution is 4.83. The normalized spacial score (nSPS) is 32.7. The van der Waals surface area contributed by atoms with Gasteiger partial charge >= 0.3 is 0 Å². The second-order valence-electron chi connectivity index (χ2n) is 3.55. The zero-order chi connectivity index (χ0) is 8.27. The van der Waals surface area contributed by atoms with Crippen LogP contribution in [0.4, 0.5) is 0 Å². The maximum Gasteiger partial charge on any atom is 0.0597 e. The van der Waals surface area contributed by atoms with Crippen molar-refractivity contribution in [3.05, 3.63) is 0 Å². The fraction of sp³-hybridized carbons (Fsp3) is 1.00. The first-order valence-electron chi connectivity index (χ1n) is 4.31. The van der Waals surface area contributed by atoms with Gasteiger partial charge in [0.05, 0.1) is 6.61 Å². The topological polar surface area (TPSA) is 44.3 Å². The van der Waals surface area contributed by atoms with Crippen molar-refractivity contribution < 1.29 is 5.11 Å². The molecule has 2 atom stereocenters. The van der Waals surface area contributed by atoms with Crippen molar-refractivity contribution in [2.75, 3.05) is 19.7 Å². The number of nitrogens with one attached hydrogen (secondary N) is 2. The largest absolute Gasteiger partial charge is 0.395 e. The van der Waals surface area contributed by atoms with Crippen LogP contribution in [0.5, 0.6) is 0 Å². The van der Waals surface area contributed by atoms with E-state index >= 15 is 0 Å². The minimum atomic E-state index is 0.234. The summed E-state index contributed by atoms with van der Waals surface area (Å²) >= 11 is 0. The lowest BCUT2D eigenvalue weighted by Crippen LogP contribution is -2.57. The van der Waals surface area contributed by atoms with E-state index in [0.29, 0.717) is 12.0 Å². The maximum absolute atomic E-state index is 8.81. The van der Waals surface area contributed by atoms with Crippen LogP contribution >= 0.6 is 0 Å². The number of aliphatic hydroxyl groups is 1. The Kier molecular flexibility index (Phi) is 3.30. The van der Waals surface area contributed by atoms with E-state index in [2.05, 4.69) is 24.5 Å². The fourth-order valence-electron chi connectivity index (χ4n) is 1.33. The van der Waals surface area contributed by atoms with Crippen molar-refractivity contribution >= 4 is 0 Å². The molecule has 1 fully saturated rings. The Bertz CT molecular complexity index is 109. The summed E-state index contributed by atoms with van der Waals surface area (Å²) in [7, 11) is 0. The second kappa shape index (κ2) is 4.04. The molecule has 1 heterocycles. The van der Waals surface area contributed by atoms with Crippen LogP contribution in [-0.2, 0) is 0 Å². The van der Waals surface area contributed by atoms with Gasteiger partial charge in [0, 0.05) is 25.2 Å². The first-order valence-corrected chi connectivity index (χ1v) is 4.31. The molecule has 0 aromatic rings. The van der Waals surface area contributed by atoms with Gasteiger partial charge in [-0.2, -0.15) is 0 Å². The molecule has 0 amide bonds. The zero-order valence-corrected chi connectivity index (χ0v) is 7.30. The van der Waals surface area contributed by atoms with Crippen molar-refractivity contribution in [1.82, 2.24) is 10.6 Å². The summed E-state index contributed by atoms with van der Waals surface area (Å²) in [5, 5.41) is 15.5. The Morgan fingerprint density at radius 1 is 1.36 bits per heavy atom. The molecule has 0 aromatic heterocycles.